The van der Waals surface area contributed by atoms with Crippen LogP contribution in [0, 0.1) is 0 Å². The number of alkyl halides is 3. The van der Waals surface area contributed by atoms with Gasteiger partial charge in [0.25, 0.3) is 0 Å². The van der Waals surface area contributed by atoms with Crippen molar-refractivity contribution in [2.24, 2.45) is 0 Å². The standard InChI is InChI=1S/C16H11F3N2/c17-16(18,19)11-4-1-5-12(10-11)21-15-8-2-7-14-13(15)6-3-9-20-14/h1-10,21H. The van der Waals surface area contributed by atoms with Crippen LogP contribution in [-0.4, -0.2) is 4.98 Å². The first kappa shape index (κ1) is 13.4. The molecular weight excluding hydrogens is 277 g/mol. The van der Waals surface area contributed by atoms with E-state index >= 15 is 0 Å². The van der Waals surface area contributed by atoms with Gasteiger partial charge in [-0.1, -0.05) is 12.1 Å². The summed E-state index contributed by atoms with van der Waals surface area (Å²) in [6, 6.07) is 14.3. The van der Waals surface area contributed by atoms with Crippen molar-refractivity contribution in [3.63, 3.8) is 0 Å². The first-order valence-corrected chi connectivity index (χ1v) is 6.32. The van der Waals surface area contributed by atoms with Crippen molar-refractivity contribution in [1.82, 2.24) is 4.98 Å². The molecule has 1 N–H and O–H groups in total. The number of nitrogens with one attached hydrogen (secondary N) is 1. The quantitative estimate of drug-likeness (QED) is 0.718. The third-order valence-corrected chi connectivity index (χ3v) is 3.11. The van der Waals surface area contributed by atoms with E-state index in [0.717, 1.165) is 28.7 Å². The molecule has 0 fully saturated rings. The molecule has 0 aliphatic carbocycles. The highest BCUT2D eigenvalue weighted by atomic mass is 19.4. The lowest BCUT2D eigenvalue weighted by Crippen LogP contribution is -2.05. The number of fused-ring (bicyclic) bond motifs is 1. The number of aromatic nitrogens is 1. The largest absolute Gasteiger partial charge is 0.416 e. The van der Waals surface area contributed by atoms with Crippen molar-refractivity contribution in [2.45, 2.75) is 6.18 Å². The molecule has 0 aliphatic heterocycles. The van der Waals surface area contributed by atoms with Gasteiger partial charge in [0.05, 0.1) is 11.1 Å². The van der Waals surface area contributed by atoms with Crippen LogP contribution < -0.4 is 5.32 Å². The second-order valence-electron chi connectivity index (χ2n) is 4.58. The second kappa shape index (κ2) is 5.09. The summed E-state index contributed by atoms with van der Waals surface area (Å²) < 4.78 is 38.2. The molecule has 0 saturated carbocycles. The van der Waals surface area contributed by atoms with E-state index in [0.29, 0.717) is 5.69 Å². The number of rotatable bonds is 2. The number of halogens is 3. The number of pyridine rings is 1. The molecule has 1 aromatic heterocycles. The maximum absolute atomic E-state index is 12.7. The van der Waals surface area contributed by atoms with Gasteiger partial charge in [0, 0.05) is 23.0 Å². The van der Waals surface area contributed by atoms with Crippen molar-refractivity contribution in [3.05, 3.63) is 66.4 Å². The summed E-state index contributed by atoms with van der Waals surface area (Å²) in [7, 11) is 0. The molecule has 106 valence electrons. The second-order valence-corrected chi connectivity index (χ2v) is 4.58. The Balaban J connectivity index is 1.99. The first-order valence-electron chi connectivity index (χ1n) is 6.32. The van der Waals surface area contributed by atoms with Crippen molar-refractivity contribution in [3.8, 4) is 0 Å². The van der Waals surface area contributed by atoms with Crippen molar-refractivity contribution < 1.29 is 13.2 Å². The van der Waals surface area contributed by atoms with Gasteiger partial charge in [-0.15, -0.1) is 0 Å². The van der Waals surface area contributed by atoms with Crippen LogP contribution in [0.4, 0.5) is 24.5 Å². The number of nitrogens with zero attached hydrogens (tertiary/aromatic N) is 1. The predicted molar refractivity (Wildman–Crippen MR) is 76.5 cm³/mol. The summed E-state index contributed by atoms with van der Waals surface area (Å²) in [6.45, 7) is 0. The lowest BCUT2D eigenvalue weighted by Gasteiger charge is -2.12. The van der Waals surface area contributed by atoms with Gasteiger partial charge in [-0.25, -0.2) is 0 Å². The summed E-state index contributed by atoms with van der Waals surface area (Å²) >= 11 is 0. The lowest BCUT2D eigenvalue weighted by molar-refractivity contribution is -0.137. The number of hydrogen-bond donors (Lipinski definition) is 1. The maximum Gasteiger partial charge on any atom is 0.416 e. The zero-order chi connectivity index (χ0) is 14.9. The molecule has 5 heteroatoms. The molecule has 3 aromatic rings. The topological polar surface area (TPSA) is 24.9 Å². The molecule has 21 heavy (non-hydrogen) atoms. The van der Waals surface area contributed by atoms with Crippen LogP contribution in [0.3, 0.4) is 0 Å². The third kappa shape index (κ3) is 2.81. The van der Waals surface area contributed by atoms with Crippen molar-refractivity contribution in [2.75, 3.05) is 5.32 Å². The van der Waals surface area contributed by atoms with E-state index in [4.69, 9.17) is 0 Å². The van der Waals surface area contributed by atoms with Crippen LogP contribution in [0.25, 0.3) is 10.9 Å². The molecule has 3 rings (SSSR count). The predicted octanol–water partition coefficient (Wildman–Crippen LogP) is 5.00. The summed E-state index contributed by atoms with van der Waals surface area (Å²) in [6.07, 6.45) is -2.67. The zero-order valence-corrected chi connectivity index (χ0v) is 10.9. The molecule has 0 spiro atoms. The van der Waals surface area contributed by atoms with E-state index in [1.165, 1.54) is 6.07 Å². The Labute approximate surface area is 119 Å². The molecule has 2 aromatic carbocycles. The highest BCUT2D eigenvalue weighted by molar-refractivity contribution is 5.92. The van der Waals surface area contributed by atoms with Crippen LogP contribution in [-0.2, 0) is 6.18 Å². The maximum atomic E-state index is 12.7. The van der Waals surface area contributed by atoms with Crippen LogP contribution in [0.1, 0.15) is 5.56 Å². The summed E-state index contributed by atoms with van der Waals surface area (Å²) in [5, 5.41) is 3.88. The minimum atomic E-state index is -4.35. The fourth-order valence-corrected chi connectivity index (χ4v) is 2.14. The van der Waals surface area contributed by atoms with Gasteiger partial charge < -0.3 is 5.32 Å². The SMILES string of the molecule is FC(F)(F)c1cccc(Nc2cccc3ncccc23)c1. The Morgan fingerprint density at radius 1 is 0.905 bits per heavy atom. The Morgan fingerprint density at radius 2 is 1.71 bits per heavy atom. The van der Waals surface area contributed by atoms with Crippen LogP contribution in [0.5, 0.6) is 0 Å². The summed E-state index contributed by atoms with van der Waals surface area (Å²) in [4.78, 5) is 4.22. The van der Waals surface area contributed by atoms with Gasteiger partial charge in [0.15, 0.2) is 0 Å². The van der Waals surface area contributed by atoms with E-state index < -0.39 is 11.7 Å². The molecule has 0 bridgehead atoms. The van der Waals surface area contributed by atoms with Crippen LogP contribution in [0.15, 0.2) is 60.8 Å². The molecule has 2 nitrogen and oxygen atoms in total. The Hall–Kier alpha value is -2.56. The first-order chi connectivity index (χ1) is 10.0. The Morgan fingerprint density at radius 3 is 2.52 bits per heavy atom. The average Bonchev–Trinajstić information content (AvgIpc) is 2.47. The molecule has 0 radical (unpaired) electrons. The van der Waals surface area contributed by atoms with Gasteiger partial charge in [0.1, 0.15) is 0 Å². The minimum absolute atomic E-state index is 0.390. The van der Waals surface area contributed by atoms with Gasteiger partial charge >= 0.3 is 6.18 Å². The lowest BCUT2D eigenvalue weighted by atomic mass is 10.1. The van der Waals surface area contributed by atoms with Gasteiger partial charge in [-0.2, -0.15) is 13.2 Å². The van der Waals surface area contributed by atoms with Crippen LogP contribution in [0.2, 0.25) is 0 Å². The zero-order valence-electron chi connectivity index (χ0n) is 10.9. The van der Waals surface area contributed by atoms with Gasteiger partial charge in [0.2, 0.25) is 0 Å². The number of anilines is 2. The van der Waals surface area contributed by atoms with Gasteiger partial charge in [-0.3, -0.25) is 4.98 Å². The molecule has 0 amide bonds. The molecule has 0 atom stereocenters. The Bertz CT molecular complexity index is 776. The highest BCUT2D eigenvalue weighted by Crippen LogP contribution is 2.32. The Kier molecular flexibility index (Phi) is 3.25. The van der Waals surface area contributed by atoms with Gasteiger partial charge in [-0.05, 0) is 42.5 Å². The monoisotopic (exact) mass is 288 g/mol. The average molecular weight is 288 g/mol. The number of benzene rings is 2. The highest BCUT2D eigenvalue weighted by Gasteiger charge is 2.30. The van der Waals surface area contributed by atoms with Crippen molar-refractivity contribution >= 4 is 22.3 Å². The smallest absolute Gasteiger partial charge is 0.355 e. The van der Waals surface area contributed by atoms with Crippen LogP contribution >= 0.6 is 0 Å². The summed E-state index contributed by atoms with van der Waals surface area (Å²) in [5.41, 5.74) is 1.22. The fourth-order valence-electron chi connectivity index (χ4n) is 2.14. The molecule has 0 unspecified atom stereocenters. The molecular formula is C16H11F3N2. The van der Waals surface area contributed by atoms with Crippen molar-refractivity contribution in [1.29, 1.82) is 0 Å². The molecule has 1 heterocycles. The van der Waals surface area contributed by atoms with E-state index in [-0.39, 0.29) is 0 Å². The van der Waals surface area contributed by atoms with E-state index in [2.05, 4.69) is 10.3 Å². The minimum Gasteiger partial charge on any atom is -0.355 e. The number of hydrogen-bond acceptors (Lipinski definition) is 2. The third-order valence-electron chi connectivity index (χ3n) is 3.11. The fraction of sp³-hybridized carbons (Fsp3) is 0.0625. The van der Waals surface area contributed by atoms with E-state index in [1.807, 2.05) is 24.3 Å². The van der Waals surface area contributed by atoms with E-state index in [9.17, 15) is 13.2 Å². The molecule has 0 saturated heterocycles. The normalized spacial score (nSPS) is 11.6. The molecule has 0 aliphatic rings. The van der Waals surface area contributed by atoms with E-state index in [1.54, 1.807) is 18.3 Å². The summed E-state index contributed by atoms with van der Waals surface area (Å²) in [5.74, 6) is 0.